The molecule has 0 bridgehead atoms. The van der Waals surface area contributed by atoms with Gasteiger partial charge >= 0.3 is 0 Å². The van der Waals surface area contributed by atoms with E-state index in [2.05, 4.69) is 69.7 Å². The topological polar surface area (TPSA) is 44.8 Å². The number of carbonyl (C=O) groups is 1. The quantitative estimate of drug-likeness (QED) is 0.785. The number of hydrogen-bond donors (Lipinski definition) is 1. The van der Waals surface area contributed by atoms with E-state index < -0.39 is 0 Å². The number of carbonyl (C=O) groups excluding carboxylic acids is 1. The molecule has 2 aliphatic heterocycles. The van der Waals surface area contributed by atoms with Crippen molar-refractivity contribution in [2.24, 2.45) is 0 Å². The van der Waals surface area contributed by atoms with Crippen LogP contribution in [0.5, 0.6) is 0 Å². The normalized spacial score (nSPS) is 20.0. The van der Waals surface area contributed by atoms with Crippen LogP contribution in [0.1, 0.15) is 30.4 Å². The maximum absolute atomic E-state index is 12.2. The molecule has 2 heterocycles. The number of nitrogens with zero attached hydrogens (tertiary/aromatic N) is 2. The van der Waals surface area contributed by atoms with E-state index in [-0.39, 0.29) is 12.0 Å². The number of nitrogens with one attached hydrogen (secondary N) is 1. The van der Waals surface area contributed by atoms with Gasteiger partial charge < -0.3 is 15.0 Å². The summed E-state index contributed by atoms with van der Waals surface area (Å²) >= 11 is 0. The van der Waals surface area contributed by atoms with Gasteiger partial charge in [0.05, 0.1) is 12.5 Å². The molecule has 0 aromatic heterocycles. The summed E-state index contributed by atoms with van der Waals surface area (Å²) in [4.78, 5) is 17.2. The highest BCUT2D eigenvalue weighted by Crippen LogP contribution is 2.19. The molecule has 1 atom stereocenters. The molecule has 2 aromatic rings. The van der Waals surface area contributed by atoms with E-state index in [9.17, 15) is 4.79 Å². The molecule has 5 nitrogen and oxygen atoms in total. The van der Waals surface area contributed by atoms with Gasteiger partial charge in [-0.1, -0.05) is 42.5 Å². The average Bonchev–Trinajstić information content (AvgIpc) is 3.27. The first-order valence-electron chi connectivity index (χ1n) is 10.8. The molecule has 5 heteroatoms. The van der Waals surface area contributed by atoms with Crippen LogP contribution in [0.15, 0.2) is 54.6 Å². The van der Waals surface area contributed by atoms with Gasteiger partial charge in [-0.15, -0.1) is 0 Å². The largest absolute Gasteiger partial charge is 0.378 e. The van der Waals surface area contributed by atoms with Crippen LogP contribution in [0, 0.1) is 0 Å². The minimum absolute atomic E-state index is 0.0863. The fourth-order valence-electron chi connectivity index (χ4n) is 4.21. The van der Waals surface area contributed by atoms with Gasteiger partial charge in [0.2, 0.25) is 5.91 Å². The molecule has 154 valence electrons. The van der Waals surface area contributed by atoms with Crippen LogP contribution >= 0.6 is 0 Å². The number of rotatable bonds is 7. The molecule has 2 fully saturated rings. The molecule has 0 spiro atoms. The molecule has 2 aromatic carbocycles. The van der Waals surface area contributed by atoms with Crippen molar-refractivity contribution in [3.05, 3.63) is 65.7 Å². The fraction of sp³-hybridized carbons (Fsp3) is 0.458. The first-order valence-corrected chi connectivity index (χ1v) is 10.8. The van der Waals surface area contributed by atoms with Crippen molar-refractivity contribution in [2.75, 3.05) is 37.7 Å². The first-order chi connectivity index (χ1) is 14.3. The van der Waals surface area contributed by atoms with E-state index in [1.807, 2.05) is 0 Å². The molecule has 29 heavy (non-hydrogen) atoms. The zero-order valence-electron chi connectivity index (χ0n) is 17.1. The third-order valence-corrected chi connectivity index (χ3v) is 5.92. The Morgan fingerprint density at radius 3 is 2.41 bits per heavy atom. The van der Waals surface area contributed by atoms with E-state index in [0.717, 1.165) is 52.2 Å². The van der Waals surface area contributed by atoms with E-state index in [1.54, 1.807) is 0 Å². The summed E-state index contributed by atoms with van der Waals surface area (Å²) in [6, 6.07) is 19.1. The molecule has 0 radical (unpaired) electrons. The lowest BCUT2D eigenvalue weighted by molar-refractivity contribution is -0.123. The van der Waals surface area contributed by atoms with Crippen LogP contribution in [0.2, 0.25) is 0 Å². The number of benzene rings is 2. The van der Waals surface area contributed by atoms with Crippen molar-refractivity contribution < 1.29 is 9.53 Å². The van der Waals surface area contributed by atoms with E-state index in [0.29, 0.717) is 13.0 Å². The molecule has 0 saturated carbocycles. The molecule has 1 amide bonds. The van der Waals surface area contributed by atoms with Gasteiger partial charge in [0.25, 0.3) is 0 Å². The van der Waals surface area contributed by atoms with Gasteiger partial charge in [0.15, 0.2) is 0 Å². The molecule has 1 N–H and O–H groups in total. The first kappa shape index (κ1) is 19.9. The minimum atomic E-state index is 0.0863. The predicted molar refractivity (Wildman–Crippen MR) is 116 cm³/mol. The van der Waals surface area contributed by atoms with Crippen LogP contribution < -0.4 is 10.2 Å². The number of para-hydroxylation sites is 1. The molecule has 0 unspecified atom stereocenters. The molecule has 2 aliphatic rings. The lowest BCUT2D eigenvalue weighted by Gasteiger charge is -2.36. The summed E-state index contributed by atoms with van der Waals surface area (Å²) < 4.78 is 5.57. The highest BCUT2D eigenvalue weighted by atomic mass is 16.5. The van der Waals surface area contributed by atoms with Crippen molar-refractivity contribution in [3.8, 4) is 0 Å². The Balaban J connectivity index is 1.28. The van der Waals surface area contributed by atoms with Crippen LogP contribution in [0.3, 0.4) is 0 Å². The summed E-state index contributed by atoms with van der Waals surface area (Å²) in [7, 11) is 0. The second-order valence-electron chi connectivity index (χ2n) is 7.98. The number of piperazine rings is 1. The molecular formula is C24H31N3O2. The monoisotopic (exact) mass is 393 g/mol. The maximum Gasteiger partial charge on any atom is 0.222 e. The average molecular weight is 394 g/mol. The summed E-state index contributed by atoms with van der Waals surface area (Å²) in [6.07, 6.45) is 2.65. The van der Waals surface area contributed by atoms with Crippen molar-refractivity contribution in [1.29, 1.82) is 0 Å². The SMILES string of the molecule is O=C(C[C@@H]1CCCO1)NCc1ccccc1CN1CCN(c2ccccc2)CC1. The fourth-order valence-corrected chi connectivity index (χ4v) is 4.21. The van der Waals surface area contributed by atoms with Crippen LogP contribution in [-0.2, 0) is 22.6 Å². The number of ether oxygens (including phenoxy) is 1. The Hall–Kier alpha value is -2.37. The van der Waals surface area contributed by atoms with Gasteiger partial charge in [-0.3, -0.25) is 9.69 Å². The highest BCUT2D eigenvalue weighted by Gasteiger charge is 2.20. The van der Waals surface area contributed by atoms with E-state index in [4.69, 9.17) is 4.74 Å². The maximum atomic E-state index is 12.2. The number of anilines is 1. The second kappa shape index (κ2) is 9.90. The van der Waals surface area contributed by atoms with E-state index in [1.165, 1.54) is 16.8 Å². The van der Waals surface area contributed by atoms with Crippen LogP contribution in [0.25, 0.3) is 0 Å². The van der Waals surface area contributed by atoms with Gasteiger partial charge in [-0.25, -0.2) is 0 Å². The number of hydrogen-bond acceptors (Lipinski definition) is 4. The standard InChI is InChI=1S/C24H31N3O2/c28-24(17-23-11-6-16-29-23)25-18-20-7-4-5-8-21(20)19-26-12-14-27(15-13-26)22-9-2-1-3-10-22/h1-5,7-10,23H,6,11-19H2,(H,25,28)/t23-/m0/s1. The van der Waals surface area contributed by atoms with Crippen molar-refractivity contribution in [1.82, 2.24) is 10.2 Å². The Morgan fingerprint density at radius 2 is 1.69 bits per heavy atom. The smallest absolute Gasteiger partial charge is 0.222 e. The van der Waals surface area contributed by atoms with E-state index >= 15 is 0 Å². The molecule has 0 aliphatic carbocycles. The van der Waals surface area contributed by atoms with Crippen molar-refractivity contribution in [3.63, 3.8) is 0 Å². The molecule has 2 saturated heterocycles. The van der Waals surface area contributed by atoms with Gasteiger partial charge in [0, 0.05) is 51.6 Å². The van der Waals surface area contributed by atoms with Crippen molar-refractivity contribution in [2.45, 2.75) is 38.5 Å². The molecule has 4 rings (SSSR count). The lowest BCUT2D eigenvalue weighted by Crippen LogP contribution is -2.46. The lowest BCUT2D eigenvalue weighted by atomic mass is 10.1. The summed E-state index contributed by atoms with van der Waals surface area (Å²) in [5, 5.41) is 3.09. The van der Waals surface area contributed by atoms with Crippen LogP contribution in [-0.4, -0.2) is 49.7 Å². The summed E-state index contributed by atoms with van der Waals surface area (Å²) in [6.45, 7) is 6.50. The summed E-state index contributed by atoms with van der Waals surface area (Å²) in [5.74, 6) is 0.0863. The van der Waals surface area contributed by atoms with Crippen LogP contribution in [0.4, 0.5) is 5.69 Å². The Bertz CT molecular complexity index is 782. The van der Waals surface area contributed by atoms with Gasteiger partial charge in [-0.2, -0.15) is 0 Å². The minimum Gasteiger partial charge on any atom is -0.378 e. The zero-order valence-corrected chi connectivity index (χ0v) is 17.1. The second-order valence-corrected chi connectivity index (χ2v) is 7.98. The number of amides is 1. The Morgan fingerprint density at radius 1 is 0.966 bits per heavy atom. The Kier molecular flexibility index (Phi) is 6.80. The van der Waals surface area contributed by atoms with Gasteiger partial charge in [-0.05, 0) is 36.1 Å². The summed E-state index contributed by atoms with van der Waals surface area (Å²) in [5.41, 5.74) is 3.82. The van der Waals surface area contributed by atoms with Gasteiger partial charge in [0.1, 0.15) is 0 Å². The zero-order chi connectivity index (χ0) is 19.9. The Labute approximate surface area is 173 Å². The third kappa shape index (κ3) is 5.58. The molecular weight excluding hydrogens is 362 g/mol. The third-order valence-electron chi connectivity index (χ3n) is 5.92. The highest BCUT2D eigenvalue weighted by molar-refractivity contribution is 5.76. The predicted octanol–water partition coefficient (Wildman–Crippen LogP) is 3.19. The van der Waals surface area contributed by atoms with Crippen molar-refractivity contribution >= 4 is 11.6 Å².